The standard InChI is InChI=1S/C9H17N5O/c1-11-4-3-5-14(2)8-7(10)9(15)13-6-12-8/h6,11H,3-5,10H2,1-2H3,(H,12,13,15). The number of nitrogen functional groups attached to an aromatic ring is 1. The molecule has 15 heavy (non-hydrogen) atoms. The van der Waals surface area contributed by atoms with E-state index in [2.05, 4.69) is 15.3 Å². The minimum Gasteiger partial charge on any atom is -0.391 e. The maximum Gasteiger partial charge on any atom is 0.276 e. The van der Waals surface area contributed by atoms with Gasteiger partial charge >= 0.3 is 0 Å². The van der Waals surface area contributed by atoms with E-state index in [4.69, 9.17) is 5.73 Å². The van der Waals surface area contributed by atoms with Crippen molar-refractivity contribution in [1.82, 2.24) is 15.3 Å². The third-order valence-corrected chi connectivity index (χ3v) is 2.15. The average molecular weight is 211 g/mol. The predicted molar refractivity (Wildman–Crippen MR) is 61.1 cm³/mol. The van der Waals surface area contributed by atoms with Crippen molar-refractivity contribution in [2.75, 3.05) is 37.8 Å². The van der Waals surface area contributed by atoms with E-state index in [0.29, 0.717) is 5.82 Å². The molecule has 6 nitrogen and oxygen atoms in total. The van der Waals surface area contributed by atoms with E-state index in [1.807, 2.05) is 19.0 Å². The van der Waals surface area contributed by atoms with Gasteiger partial charge in [0.2, 0.25) is 0 Å². The Morgan fingerprint density at radius 3 is 3.07 bits per heavy atom. The van der Waals surface area contributed by atoms with Crippen LogP contribution in [0.4, 0.5) is 11.5 Å². The van der Waals surface area contributed by atoms with Crippen molar-refractivity contribution in [2.24, 2.45) is 0 Å². The zero-order valence-electron chi connectivity index (χ0n) is 9.08. The fraction of sp³-hybridized carbons (Fsp3) is 0.556. The van der Waals surface area contributed by atoms with Crippen molar-refractivity contribution in [3.05, 3.63) is 16.7 Å². The minimum atomic E-state index is -0.291. The summed E-state index contributed by atoms with van der Waals surface area (Å²) in [4.78, 5) is 19.6. The van der Waals surface area contributed by atoms with Crippen molar-refractivity contribution in [1.29, 1.82) is 0 Å². The molecule has 0 amide bonds. The van der Waals surface area contributed by atoms with Gasteiger partial charge in [-0.1, -0.05) is 0 Å². The number of nitrogens with two attached hydrogens (primary N) is 1. The van der Waals surface area contributed by atoms with Gasteiger partial charge in [-0.3, -0.25) is 4.79 Å². The van der Waals surface area contributed by atoms with E-state index in [0.717, 1.165) is 19.5 Å². The molecular weight excluding hydrogens is 194 g/mol. The van der Waals surface area contributed by atoms with Crippen molar-refractivity contribution in [2.45, 2.75) is 6.42 Å². The maximum absolute atomic E-state index is 11.2. The quantitative estimate of drug-likeness (QED) is 0.566. The number of anilines is 2. The van der Waals surface area contributed by atoms with Crippen LogP contribution in [-0.2, 0) is 0 Å². The van der Waals surface area contributed by atoms with Crippen molar-refractivity contribution < 1.29 is 0 Å². The Bertz CT molecular complexity index is 362. The highest BCUT2D eigenvalue weighted by Crippen LogP contribution is 2.12. The molecule has 1 rings (SSSR count). The monoisotopic (exact) mass is 211 g/mol. The van der Waals surface area contributed by atoms with Crippen LogP contribution in [0, 0.1) is 0 Å². The third-order valence-electron chi connectivity index (χ3n) is 2.15. The molecule has 0 aromatic carbocycles. The zero-order valence-corrected chi connectivity index (χ0v) is 9.08. The summed E-state index contributed by atoms with van der Waals surface area (Å²) in [5.74, 6) is 0.537. The number of H-pyrrole nitrogens is 1. The molecular formula is C9H17N5O. The number of aromatic amines is 1. The Morgan fingerprint density at radius 1 is 1.67 bits per heavy atom. The summed E-state index contributed by atoms with van der Waals surface area (Å²) in [6.45, 7) is 1.73. The second-order valence-corrected chi connectivity index (χ2v) is 3.35. The first-order chi connectivity index (χ1) is 7.16. The molecule has 0 fully saturated rings. The summed E-state index contributed by atoms with van der Waals surface area (Å²) in [5.41, 5.74) is 5.50. The zero-order chi connectivity index (χ0) is 11.3. The van der Waals surface area contributed by atoms with Crippen LogP contribution in [0.5, 0.6) is 0 Å². The van der Waals surface area contributed by atoms with Crippen LogP contribution in [0.15, 0.2) is 11.1 Å². The number of aromatic nitrogens is 2. The van der Waals surface area contributed by atoms with Gasteiger partial charge in [0, 0.05) is 13.6 Å². The number of nitrogens with one attached hydrogen (secondary N) is 2. The second-order valence-electron chi connectivity index (χ2n) is 3.35. The first kappa shape index (κ1) is 11.5. The molecule has 4 N–H and O–H groups in total. The lowest BCUT2D eigenvalue weighted by Crippen LogP contribution is -2.26. The van der Waals surface area contributed by atoms with Gasteiger partial charge in [0.05, 0.1) is 6.33 Å². The van der Waals surface area contributed by atoms with E-state index >= 15 is 0 Å². The number of hydrogen-bond acceptors (Lipinski definition) is 5. The number of nitrogens with zero attached hydrogens (tertiary/aromatic N) is 2. The first-order valence-corrected chi connectivity index (χ1v) is 4.85. The smallest absolute Gasteiger partial charge is 0.276 e. The molecule has 1 heterocycles. The fourth-order valence-electron chi connectivity index (χ4n) is 1.30. The van der Waals surface area contributed by atoms with E-state index in [1.165, 1.54) is 6.33 Å². The highest BCUT2D eigenvalue weighted by molar-refractivity contribution is 5.60. The highest BCUT2D eigenvalue weighted by Gasteiger charge is 2.08. The molecule has 0 radical (unpaired) electrons. The third kappa shape index (κ3) is 2.95. The largest absolute Gasteiger partial charge is 0.391 e. The maximum atomic E-state index is 11.2. The molecule has 84 valence electrons. The molecule has 0 aliphatic heterocycles. The van der Waals surface area contributed by atoms with Gasteiger partial charge in [0.15, 0.2) is 5.82 Å². The summed E-state index contributed by atoms with van der Waals surface area (Å²) < 4.78 is 0. The molecule has 0 unspecified atom stereocenters. The molecule has 1 aromatic rings. The van der Waals surface area contributed by atoms with Crippen LogP contribution in [0.3, 0.4) is 0 Å². The lowest BCUT2D eigenvalue weighted by atomic mass is 10.3. The van der Waals surface area contributed by atoms with E-state index < -0.39 is 0 Å². The van der Waals surface area contributed by atoms with E-state index in [-0.39, 0.29) is 11.2 Å². The predicted octanol–water partition coefficient (Wildman–Crippen LogP) is -0.602. The average Bonchev–Trinajstić information content (AvgIpc) is 2.22. The topological polar surface area (TPSA) is 87.0 Å². The van der Waals surface area contributed by atoms with E-state index in [1.54, 1.807) is 0 Å². The minimum absolute atomic E-state index is 0.171. The van der Waals surface area contributed by atoms with Gasteiger partial charge in [-0.25, -0.2) is 4.98 Å². The van der Waals surface area contributed by atoms with Crippen molar-refractivity contribution in [3.63, 3.8) is 0 Å². The molecule has 0 aliphatic carbocycles. The van der Waals surface area contributed by atoms with Crippen LogP contribution in [0.1, 0.15) is 6.42 Å². The fourth-order valence-corrected chi connectivity index (χ4v) is 1.30. The van der Waals surface area contributed by atoms with E-state index in [9.17, 15) is 4.79 Å². The summed E-state index contributed by atoms with van der Waals surface area (Å²) >= 11 is 0. The summed E-state index contributed by atoms with van der Waals surface area (Å²) in [7, 11) is 3.77. The molecule has 0 bridgehead atoms. The molecule has 0 spiro atoms. The molecule has 6 heteroatoms. The molecule has 0 atom stereocenters. The van der Waals surface area contributed by atoms with Gasteiger partial charge in [-0.05, 0) is 20.0 Å². The normalized spacial score (nSPS) is 10.3. The van der Waals surface area contributed by atoms with Crippen molar-refractivity contribution in [3.8, 4) is 0 Å². The Balaban J connectivity index is 2.69. The van der Waals surface area contributed by atoms with Gasteiger partial charge in [0.1, 0.15) is 5.69 Å². The van der Waals surface area contributed by atoms with Gasteiger partial charge in [0.25, 0.3) is 5.56 Å². The number of rotatable bonds is 5. The Hall–Kier alpha value is -1.56. The number of hydrogen-bond donors (Lipinski definition) is 3. The Kier molecular flexibility index (Phi) is 4.11. The second kappa shape index (κ2) is 5.35. The highest BCUT2D eigenvalue weighted by atomic mass is 16.1. The molecule has 0 saturated carbocycles. The van der Waals surface area contributed by atoms with Crippen molar-refractivity contribution >= 4 is 11.5 Å². The lowest BCUT2D eigenvalue weighted by Gasteiger charge is -2.18. The Morgan fingerprint density at radius 2 is 2.40 bits per heavy atom. The van der Waals surface area contributed by atoms with Crippen LogP contribution >= 0.6 is 0 Å². The summed E-state index contributed by atoms with van der Waals surface area (Å²) in [5, 5.41) is 3.05. The van der Waals surface area contributed by atoms with Crippen LogP contribution in [-0.4, -0.2) is 37.2 Å². The molecule has 0 saturated heterocycles. The summed E-state index contributed by atoms with van der Waals surface area (Å²) in [6.07, 6.45) is 2.34. The van der Waals surface area contributed by atoms with Crippen LogP contribution < -0.4 is 21.5 Å². The summed E-state index contributed by atoms with van der Waals surface area (Å²) in [6, 6.07) is 0. The SMILES string of the molecule is CNCCCN(C)c1nc[nH]c(=O)c1N. The van der Waals surface area contributed by atoms with Crippen LogP contribution in [0.2, 0.25) is 0 Å². The Labute approximate surface area is 88.5 Å². The van der Waals surface area contributed by atoms with Gasteiger partial charge in [-0.2, -0.15) is 0 Å². The molecule has 1 aromatic heterocycles. The molecule has 0 aliphatic rings. The first-order valence-electron chi connectivity index (χ1n) is 4.85. The lowest BCUT2D eigenvalue weighted by molar-refractivity contribution is 0.709. The van der Waals surface area contributed by atoms with Gasteiger partial charge < -0.3 is 20.9 Å². The van der Waals surface area contributed by atoms with Gasteiger partial charge in [-0.15, -0.1) is 0 Å². The van der Waals surface area contributed by atoms with Crippen LogP contribution in [0.25, 0.3) is 0 Å².